The van der Waals surface area contributed by atoms with Crippen molar-refractivity contribution in [2.24, 2.45) is 5.92 Å². The Morgan fingerprint density at radius 2 is 1.94 bits per heavy atom. The van der Waals surface area contributed by atoms with Gasteiger partial charge in [0, 0.05) is 25.6 Å². The fourth-order valence-electron chi connectivity index (χ4n) is 2.86. The van der Waals surface area contributed by atoms with Gasteiger partial charge in [0.2, 0.25) is 5.91 Å². The van der Waals surface area contributed by atoms with E-state index in [0.29, 0.717) is 0 Å². The second-order valence-corrected chi connectivity index (χ2v) is 5.24. The number of amides is 1. The van der Waals surface area contributed by atoms with Crippen molar-refractivity contribution in [3.05, 3.63) is 0 Å². The monoisotopic (exact) mass is 238 g/mol. The normalized spacial score (nSPS) is 28.1. The summed E-state index contributed by atoms with van der Waals surface area (Å²) in [6, 6.07) is -0.0594. The van der Waals surface area contributed by atoms with Crippen LogP contribution in [-0.2, 0) is 9.59 Å². The minimum Gasteiger partial charge on any atom is -0.341 e. The summed E-state index contributed by atoms with van der Waals surface area (Å²) in [7, 11) is 0. The lowest BCUT2D eigenvalue weighted by Crippen LogP contribution is -2.50. The third kappa shape index (κ3) is 2.86. The van der Waals surface area contributed by atoms with E-state index in [1.54, 1.807) is 0 Å². The molecule has 2 rings (SSSR count). The zero-order valence-corrected chi connectivity index (χ0v) is 10.6. The molecule has 0 N–H and O–H groups in total. The molecule has 2 fully saturated rings. The lowest BCUT2D eigenvalue weighted by molar-refractivity contribution is -0.136. The number of nitrogens with zero attached hydrogens (tertiary/aromatic N) is 2. The molecule has 2 heterocycles. The molecule has 1 amide bonds. The van der Waals surface area contributed by atoms with Crippen LogP contribution in [0.25, 0.3) is 0 Å². The third-order valence-corrected chi connectivity index (χ3v) is 4.00. The lowest BCUT2D eigenvalue weighted by atomic mass is 9.98. The lowest BCUT2D eigenvalue weighted by Gasteiger charge is -2.35. The van der Waals surface area contributed by atoms with Gasteiger partial charge in [0.1, 0.15) is 6.29 Å². The molecule has 2 unspecified atom stereocenters. The van der Waals surface area contributed by atoms with Gasteiger partial charge in [0.15, 0.2) is 0 Å². The Balaban J connectivity index is 1.91. The zero-order chi connectivity index (χ0) is 12.3. The predicted molar refractivity (Wildman–Crippen MR) is 65.6 cm³/mol. The molecule has 4 nitrogen and oxygen atoms in total. The van der Waals surface area contributed by atoms with Crippen LogP contribution in [0, 0.1) is 5.92 Å². The fraction of sp³-hybridized carbons (Fsp3) is 0.846. The van der Waals surface area contributed by atoms with Crippen LogP contribution in [0.2, 0.25) is 0 Å². The van der Waals surface area contributed by atoms with E-state index in [2.05, 4.69) is 4.90 Å². The molecule has 0 aliphatic carbocycles. The molecule has 0 aromatic carbocycles. The highest BCUT2D eigenvalue weighted by atomic mass is 16.2. The van der Waals surface area contributed by atoms with Crippen molar-refractivity contribution in [3.8, 4) is 0 Å². The average molecular weight is 238 g/mol. The van der Waals surface area contributed by atoms with Crippen LogP contribution in [0.1, 0.15) is 32.6 Å². The van der Waals surface area contributed by atoms with Gasteiger partial charge in [0.25, 0.3) is 0 Å². The average Bonchev–Trinajstić information content (AvgIpc) is 2.91. The first kappa shape index (κ1) is 12.6. The standard InChI is InChI=1S/C13H22N2O2/c1-11(13(17)14-6-2-3-7-14)15-8-4-5-12(9-15)10-16/h10-12H,2-9H2,1H3. The van der Waals surface area contributed by atoms with Crippen molar-refractivity contribution in [1.82, 2.24) is 9.80 Å². The third-order valence-electron chi connectivity index (χ3n) is 4.00. The summed E-state index contributed by atoms with van der Waals surface area (Å²) in [6.07, 6.45) is 5.32. The van der Waals surface area contributed by atoms with Gasteiger partial charge in [-0.3, -0.25) is 9.69 Å². The Labute approximate surface area is 103 Å². The van der Waals surface area contributed by atoms with Gasteiger partial charge in [0.05, 0.1) is 6.04 Å². The Kier molecular flexibility index (Phi) is 4.15. The molecule has 0 aromatic rings. The molecule has 2 saturated heterocycles. The highest BCUT2D eigenvalue weighted by Crippen LogP contribution is 2.19. The first-order valence-corrected chi connectivity index (χ1v) is 6.70. The second kappa shape index (κ2) is 5.63. The highest BCUT2D eigenvalue weighted by molar-refractivity contribution is 5.81. The van der Waals surface area contributed by atoms with Crippen molar-refractivity contribution in [2.45, 2.75) is 38.6 Å². The van der Waals surface area contributed by atoms with E-state index >= 15 is 0 Å². The van der Waals surface area contributed by atoms with Crippen molar-refractivity contribution in [3.63, 3.8) is 0 Å². The van der Waals surface area contributed by atoms with Gasteiger partial charge in [-0.15, -0.1) is 0 Å². The first-order valence-electron chi connectivity index (χ1n) is 6.70. The molecule has 0 saturated carbocycles. The van der Waals surface area contributed by atoms with Crippen LogP contribution in [0.4, 0.5) is 0 Å². The van der Waals surface area contributed by atoms with Crippen molar-refractivity contribution < 1.29 is 9.59 Å². The summed E-state index contributed by atoms with van der Waals surface area (Å²) in [4.78, 5) is 27.2. The van der Waals surface area contributed by atoms with Gasteiger partial charge >= 0.3 is 0 Å². The molecule has 0 radical (unpaired) electrons. The van der Waals surface area contributed by atoms with Gasteiger partial charge in [-0.1, -0.05) is 0 Å². The summed E-state index contributed by atoms with van der Waals surface area (Å²) in [5.41, 5.74) is 0. The number of hydrogen-bond donors (Lipinski definition) is 0. The van der Waals surface area contributed by atoms with Crippen LogP contribution >= 0.6 is 0 Å². The first-order chi connectivity index (χ1) is 8.22. The predicted octanol–water partition coefficient (Wildman–Crippen LogP) is 0.908. The maximum Gasteiger partial charge on any atom is 0.239 e. The Bertz CT molecular complexity index is 287. The van der Waals surface area contributed by atoms with E-state index in [-0.39, 0.29) is 17.9 Å². The number of likely N-dealkylation sites (tertiary alicyclic amines) is 2. The highest BCUT2D eigenvalue weighted by Gasteiger charge is 2.30. The number of hydrogen-bond acceptors (Lipinski definition) is 3. The molecule has 96 valence electrons. The molecular formula is C13H22N2O2. The smallest absolute Gasteiger partial charge is 0.239 e. The number of piperidine rings is 1. The molecule has 0 bridgehead atoms. The van der Waals surface area contributed by atoms with Gasteiger partial charge in [-0.25, -0.2) is 0 Å². The van der Waals surface area contributed by atoms with Crippen LogP contribution in [0.5, 0.6) is 0 Å². The van der Waals surface area contributed by atoms with E-state index in [0.717, 1.165) is 58.1 Å². The Morgan fingerprint density at radius 3 is 2.59 bits per heavy atom. The van der Waals surface area contributed by atoms with E-state index in [1.807, 2.05) is 11.8 Å². The van der Waals surface area contributed by atoms with Crippen LogP contribution < -0.4 is 0 Å². The topological polar surface area (TPSA) is 40.6 Å². The number of carbonyl (C=O) groups is 2. The van der Waals surface area contributed by atoms with Crippen molar-refractivity contribution in [2.75, 3.05) is 26.2 Å². The van der Waals surface area contributed by atoms with Crippen LogP contribution in [-0.4, -0.2) is 54.2 Å². The largest absolute Gasteiger partial charge is 0.341 e. The Hall–Kier alpha value is -0.900. The summed E-state index contributed by atoms with van der Waals surface area (Å²) in [5.74, 6) is 0.367. The Morgan fingerprint density at radius 1 is 1.24 bits per heavy atom. The van der Waals surface area contributed by atoms with E-state index in [1.165, 1.54) is 0 Å². The quantitative estimate of drug-likeness (QED) is 0.686. The summed E-state index contributed by atoms with van der Waals surface area (Å²) in [6.45, 7) is 5.51. The van der Waals surface area contributed by atoms with Crippen molar-refractivity contribution >= 4 is 12.2 Å². The van der Waals surface area contributed by atoms with Crippen molar-refractivity contribution in [1.29, 1.82) is 0 Å². The molecule has 4 heteroatoms. The second-order valence-electron chi connectivity index (χ2n) is 5.24. The summed E-state index contributed by atoms with van der Waals surface area (Å²) < 4.78 is 0. The zero-order valence-electron chi connectivity index (χ0n) is 10.6. The van der Waals surface area contributed by atoms with E-state index < -0.39 is 0 Å². The summed E-state index contributed by atoms with van der Waals surface area (Å²) >= 11 is 0. The van der Waals surface area contributed by atoms with Crippen LogP contribution in [0.15, 0.2) is 0 Å². The number of rotatable bonds is 3. The SMILES string of the molecule is CC(C(=O)N1CCCC1)N1CCCC(C=O)C1. The molecular weight excluding hydrogens is 216 g/mol. The van der Waals surface area contributed by atoms with E-state index in [9.17, 15) is 9.59 Å². The van der Waals surface area contributed by atoms with Gasteiger partial charge in [-0.2, -0.15) is 0 Å². The van der Waals surface area contributed by atoms with Gasteiger partial charge < -0.3 is 9.69 Å². The number of aldehydes is 1. The number of carbonyl (C=O) groups excluding carboxylic acids is 2. The molecule has 0 spiro atoms. The van der Waals surface area contributed by atoms with E-state index in [4.69, 9.17) is 0 Å². The fourth-order valence-corrected chi connectivity index (χ4v) is 2.86. The molecule has 2 aliphatic rings. The van der Waals surface area contributed by atoms with Crippen LogP contribution in [0.3, 0.4) is 0 Å². The minimum atomic E-state index is -0.0594. The molecule has 0 aromatic heterocycles. The molecule has 2 atom stereocenters. The molecule has 17 heavy (non-hydrogen) atoms. The summed E-state index contributed by atoms with van der Waals surface area (Å²) in [5, 5.41) is 0. The maximum absolute atomic E-state index is 12.2. The molecule has 2 aliphatic heterocycles. The van der Waals surface area contributed by atoms with Gasteiger partial charge in [-0.05, 0) is 39.2 Å². The maximum atomic E-state index is 12.2. The minimum absolute atomic E-state index is 0.0594.